The molecule has 0 aliphatic carbocycles. The molecule has 0 aliphatic heterocycles. The number of carbonyl (C=O) groups excluding carboxylic acids is 2. The first-order valence-corrected chi connectivity index (χ1v) is 6.50. The molecule has 20 heavy (non-hydrogen) atoms. The molecule has 7 heteroatoms. The van der Waals surface area contributed by atoms with Crippen molar-refractivity contribution in [1.82, 2.24) is 0 Å². The zero-order valence-corrected chi connectivity index (χ0v) is 12.6. The number of carbonyl (C=O) groups is 2. The molecule has 0 amide bonds. The van der Waals surface area contributed by atoms with Crippen LogP contribution in [0.15, 0.2) is 22.7 Å². The van der Waals surface area contributed by atoms with Crippen molar-refractivity contribution in [2.45, 2.75) is 18.6 Å². The Balaban J connectivity index is 2.91. The van der Waals surface area contributed by atoms with E-state index in [1.807, 2.05) is 0 Å². The lowest BCUT2D eigenvalue weighted by molar-refractivity contribution is -0.144. The highest BCUT2D eigenvalue weighted by atomic mass is 79.9. The van der Waals surface area contributed by atoms with Crippen molar-refractivity contribution < 1.29 is 29.3 Å². The minimum absolute atomic E-state index is 0.304. The molecular weight excluding hydrogens is 332 g/mol. The summed E-state index contributed by atoms with van der Waals surface area (Å²) in [4.78, 5) is 22.4. The third kappa shape index (κ3) is 4.03. The van der Waals surface area contributed by atoms with Crippen molar-refractivity contribution in [2.75, 3.05) is 14.2 Å². The molecule has 1 aromatic carbocycles. The van der Waals surface area contributed by atoms with Crippen LogP contribution in [0.3, 0.4) is 0 Å². The van der Waals surface area contributed by atoms with Crippen molar-refractivity contribution in [2.24, 2.45) is 0 Å². The summed E-state index contributed by atoms with van der Waals surface area (Å²) >= 11 is 3.20. The molecule has 1 rings (SSSR count). The molecule has 0 spiro atoms. The number of aliphatic hydroxyl groups excluding tert-OH is 2. The first-order chi connectivity index (χ1) is 9.40. The normalized spacial score (nSPS) is 13.4. The van der Waals surface area contributed by atoms with E-state index >= 15 is 0 Å². The van der Waals surface area contributed by atoms with Gasteiger partial charge in [-0.25, -0.2) is 4.79 Å². The van der Waals surface area contributed by atoms with Crippen molar-refractivity contribution in [3.05, 3.63) is 33.8 Å². The van der Waals surface area contributed by atoms with Crippen LogP contribution < -0.4 is 0 Å². The van der Waals surface area contributed by atoms with E-state index in [0.29, 0.717) is 15.6 Å². The zero-order valence-electron chi connectivity index (χ0n) is 11.0. The van der Waals surface area contributed by atoms with Crippen LogP contribution in [0.2, 0.25) is 0 Å². The van der Waals surface area contributed by atoms with Crippen LogP contribution in [-0.2, 0) is 14.3 Å². The van der Waals surface area contributed by atoms with Gasteiger partial charge in [0.1, 0.15) is 6.10 Å². The first-order valence-electron chi connectivity index (χ1n) is 5.71. The first kappa shape index (κ1) is 16.6. The quantitative estimate of drug-likeness (QED) is 0.778. The second-order valence-electron chi connectivity index (χ2n) is 4.02. The maximum Gasteiger partial charge on any atom is 0.337 e. The van der Waals surface area contributed by atoms with Crippen LogP contribution >= 0.6 is 15.9 Å². The zero-order chi connectivity index (χ0) is 15.3. The van der Waals surface area contributed by atoms with Gasteiger partial charge in [0.25, 0.3) is 0 Å². The summed E-state index contributed by atoms with van der Waals surface area (Å²) in [5.74, 6) is -1.14. The summed E-state index contributed by atoms with van der Waals surface area (Å²) in [5.41, 5.74) is 0.659. The number of rotatable bonds is 5. The molecule has 2 atom stereocenters. The Labute approximate surface area is 124 Å². The lowest BCUT2D eigenvalue weighted by Gasteiger charge is -2.18. The predicted octanol–water partition coefficient (Wildman–Crippen LogP) is 1.19. The highest BCUT2D eigenvalue weighted by Crippen LogP contribution is 2.28. The molecule has 0 saturated carbocycles. The minimum Gasteiger partial charge on any atom is -0.469 e. The fourth-order valence-electron chi connectivity index (χ4n) is 1.58. The fourth-order valence-corrected chi connectivity index (χ4v) is 2.20. The van der Waals surface area contributed by atoms with E-state index in [-0.39, 0.29) is 6.42 Å². The molecule has 0 heterocycles. The van der Waals surface area contributed by atoms with Gasteiger partial charge >= 0.3 is 11.9 Å². The Morgan fingerprint density at radius 2 is 1.90 bits per heavy atom. The number of hydrogen-bond acceptors (Lipinski definition) is 6. The van der Waals surface area contributed by atoms with Gasteiger partial charge in [-0.3, -0.25) is 4.79 Å². The van der Waals surface area contributed by atoms with Gasteiger partial charge < -0.3 is 19.7 Å². The van der Waals surface area contributed by atoms with E-state index in [1.54, 1.807) is 0 Å². The number of aliphatic hydroxyl groups is 2. The van der Waals surface area contributed by atoms with Crippen LogP contribution in [0.25, 0.3) is 0 Å². The van der Waals surface area contributed by atoms with Crippen molar-refractivity contribution in [1.29, 1.82) is 0 Å². The van der Waals surface area contributed by atoms with E-state index in [4.69, 9.17) is 0 Å². The van der Waals surface area contributed by atoms with Crippen molar-refractivity contribution in [3.63, 3.8) is 0 Å². The number of hydrogen-bond donors (Lipinski definition) is 2. The molecule has 0 aliphatic rings. The molecule has 0 radical (unpaired) electrons. The number of methoxy groups -OCH3 is 2. The van der Waals surface area contributed by atoms with Gasteiger partial charge in [0.05, 0.1) is 32.3 Å². The second kappa shape index (κ2) is 7.37. The van der Waals surface area contributed by atoms with E-state index in [1.165, 1.54) is 32.4 Å². The summed E-state index contributed by atoms with van der Waals surface area (Å²) in [6, 6.07) is 4.40. The number of ether oxygens (including phenoxy) is 2. The van der Waals surface area contributed by atoms with Gasteiger partial charge in [-0.1, -0.05) is 22.0 Å². The van der Waals surface area contributed by atoms with Gasteiger partial charge in [0.15, 0.2) is 0 Å². The Bertz CT molecular complexity index is 502. The van der Waals surface area contributed by atoms with Gasteiger partial charge in [-0.15, -0.1) is 0 Å². The molecular formula is C13H15BrO6. The summed E-state index contributed by atoms with van der Waals surface area (Å²) in [7, 11) is 2.46. The van der Waals surface area contributed by atoms with Crippen LogP contribution in [0, 0.1) is 0 Å². The molecule has 0 fully saturated rings. The molecule has 0 saturated heterocycles. The monoisotopic (exact) mass is 346 g/mol. The average molecular weight is 347 g/mol. The highest BCUT2D eigenvalue weighted by molar-refractivity contribution is 9.10. The molecule has 0 aromatic heterocycles. The number of benzene rings is 1. The molecule has 0 bridgehead atoms. The Morgan fingerprint density at radius 1 is 1.25 bits per heavy atom. The second-order valence-corrected chi connectivity index (χ2v) is 4.87. The van der Waals surface area contributed by atoms with E-state index in [9.17, 15) is 19.8 Å². The van der Waals surface area contributed by atoms with Gasteiger partial charge in [-0.05, 0) is 17.7 Å². The summed E-state index contributed by atoms with van der Waals surface area (Å²) in [6.45, 7) is 0. The standard InChI is InChI=1S/C13H15BrO6/c1-19-11(16)6-10(15)12(17)8-4-3-7(5-9(8)14)13(18)20-2/h3-5,10,12,15,17H,6H2,1-2H3. The summed E-state index contributed by atoms with van der Waals surface area (Å²) in [5, 5.41) is 19.8. The lowest BCUT2D eigenvalue weighted by atomic mass is 10.0. The van der Waals surface area contributed by atoms with Crippen molar-refractivity contribution >= 4 is 27.9 Å². The topological polar surface area (TPSA) is 93.1 Å². The average Bonchev–Trinajstić information content (AvgIpc) is 2.45. The van der Waals surface area contributed by atoms with Gasteiger partial charge in [-0.2, -0.15) is 0 Å². The lowest BCUT2D eigenvalue weighted by Crippen LogP contribution is -2.23. The largest absolute Gasteiger partial charge is 0.469 e. The number of halogens is 1. The van der Waals surface area contributed by atoms with Crippen LogP contribution in [0.4, 0.5) is 0 Å². The minimum atomic E-state index is -1.30. The highest BCUT2D eigenvalue weighted by Gasteiger charge is 2.24. The SMILES string of the molecule is COC(=O)CC(O)C(O)c1ccc(C(=O)OC)cc1Br. The molecule has 1 aromatic rings. The molecule has 2 unspecified atom stereocenters. The van der Waals surface area contributed by atoms with Gasteiger partial charge in [0, 0.05) is 4.47 Å². The Kier molecular flexibility index (Phi) is 6.12. The summed E-state index contributed by atoms with van der Waals surface area (Å²) in [6.07, 6.45) is -2.92. The van der Waals surface area contributed by atoms with Crippen molar-refractivity contribution in [3.8, 4) is 0 Å². The molecule has 2 N–H and O–H groups in total. The van der Waals surface area contributed by atoms with E-state index in [0.717, 1.165) is 0 Å². The third-order valence-electron chi connectivity index (χ3n) is 2.71. The summed E-state index contributed by atoms with van der Waals surface area (Å²) < 4.78 is 9.42. The van der Waals surface area contributed by atoms with Crippen LogP contribution in [0.1, 0.15) is 28.4 Å². The van der Waals surface area contributed by atoms with E-state index in [2.05, 4.69) is 25.4 Å². The maximum absolute atomic E-state index is 11.3. The maximum atomic E-state index is 11.3. The fraction of sp³-hybridized carbons (Fsp3) is 0.385. The third-order valence-corrected chi connectivity index (χ3v) is 3.39. The predicted molar refractivity (Wildman–Crippen MR) is 73.1 cm³/mol. The Morgan fingerprint density at radius 3 is 2.40 bits per heavy atom. The smallest absolute Gasteiger partial charge is 0.337 e. The molecule has 6 nitrogen and oxygen atoms in total. The Hall–Kier alpha value is -1.44. The van der Waals surface area contributed by atoms with E-state index < -0.39 is 24.1 Å². The van der Waals surface area contributed by atoms with Crippen LogP contribution in [0.5, 0.6) is 0 Å². The van der Waals surface area contributed by atoms with Crippen LogP contribution in [-0.4, -0.2) is 42.5 Å². The number of esters is 2. The molecule has 110 valence electrons. The van der Waals surface area contributed by atoms with Gasteiger partial charge in [0.2, 0.25) is 0 Å².